The molecule has 0 aromatic heterocycles. The van der Waals surface area contributed by atoms with E-state index < -0.39 is 0 Å². The lowest BCUT2D eigenvalue weighted by atomic mass is 10.1. The molecule has 1 aliphatic heterocycles. The van der Waals surface area contributed by atoms with Gasteiger partial charge < -0.3 is 10.1 Å². The van der Waals surface area contributed by atoms with E-state index in [0.717, 1.165) is 32.9 Å². The maximum Gasteiger partial charge on any atom is 0.114 e. The summed E-state index contributed by atoms with van der Waals surface area (Å²) in [6.45, 7) is 0.783. The molecule has 1 unspecified atom stereocenters. The highest BCUT2D eigenvalue weighted by Gasteiger charge is 2.19. The van der Waals surface area contributed by atoms with Crippen LogP contribution in [0.25, 0.3) is 0 Å². The monoisotopic (exact) mass is 349 g/mol. The normalized spacial score (nSPS) is 16.8. The van der Waals surface area contributed by atoms with Crippen LogP contribution in [0.5, 0.6) is 0 Å². The van der Waals surface area contributed by atoms with Crippen LogP contribution in [0.2, 0.25) is 5.02 Å². The lowest BCUT2D eigenvalue weighted by Gasteiger charge is -2.18. The number of ether oxygens (including phenoxy) is 1. The minimum atomic E-state index is 0.108. The van der Waals surface area contributed by atoms with Crippen molar-refractivity contribution in [3.63, 3.8) is 0 Å². The Morgan fingerprint density at radius 1 is 1.50 bits per heavy atom. The van der Waals surface area contributed by atoms with Crippen LogP contribution in [0.3, 0.4) is 0 Å². The lowest BCUT2D eigenvalue weighted by molar-refractivity contribution is 0.218. The van der Waals surface area contributed by atoms with Crippen LogP contribution in [0.4, 0.5) is 0 Å². The Morgan fingerprint density at radius 2 is 2.31 bits per heavy atom. The number of benzene rings is 1. The molecular formula is C12H13ClINO. The molecule has 0 spiro atoms. The molecular weight excluding hydrogens is 336 g/mol. The van der Waals surface area contributed by atoms with Crippen molar-refractivity contribution in [3.05, 3.63) is 44.2 Å². The molecule has 0 saturated heterocycles. The molecule has 4 heteroatoms. The van der Waals surface area contributed by atoms with Gasteiger partial charge in [-0.1, -0.05) is 17.7 Å². The summed E-state index contributed by atoms with van der Waals surface area (Å²) in [7, 11) is 1.93. The topological polar surface area (TPSA) is 21.3 Å². The van der Waals surface area contributed by atoms with Crippen molar-refractivity contribution < 1.29 is 4.74 Å². The van der Waals surface area contributed by atoms with Crippen molar-refractivity contribution in [1.82, 2.24) is 5.32 Å². The summed E-state index contributed by atoms with van der Waals surface area (Å²) in [5, 5.41) is 4.04. The smallest absolute Gasteiger partial charge is 0.114 e. The quantitative estimate of drug-likeness (QED) is 0.843. The van der Waals surface area contributed by atoms with Gasteiger partial charge in [-0.15, -0.1) is 0 Å². The summed E-state index contributed by atoms with van der Waals surface area (Å²) in [6, 6.07) is 6.21. The van der Waals surface area contributed by atoms with Gasteiger partial charge >= 0.3 is 0 Å². The fraction of sp³-hybridized carbons (Fsp3) is 0.333. The van der Waals surface area contributed by atoms with Crippen molar-refractivity contribution in [2.45, 2.75) is 12.5 Å². The van der Waals surface area contributed by atoms with E-state index in [1.165, 1.54) is 0 Å². The molecule has 0 saturated carbocycles. The van der Waals surface area contributed by atoms with Crippen molar-refractivity contribution in [2.24, 2.45) is 0 Å². The molecule has 0 fully saturated rings. The van der Waals surface area contributed by atoms with Gasteiger partial charge in [0.25, 0.3) is 0 Å². The molecule has 86 valence electrons. The van der Waals surface area contributed by atoms with Gasteiger partial charge in [0.2, 0.25) is 0 Å². The highest BCUT2D eigenvalue weighted by Crippen LogP contribution is 2.29. The second-order valence-electron chi connectivity index (χ2n) is 3.64. The summed E-state index contributed by atoms with van der Waals surface area (Å²) in [6.07, 6.45) is 3.12. The van der Waals surface area contributed by atoms with Crippen LogP contribution in [0.15, 0.2) is 30.0 Å². The van der Waals surface area contributed by atoms with E-state index in [0.29, 0.717) is 0 Å². The fourth-order valence-corrected chi connectivity index (χ4v) is 2.33. The summed E-state index contributed by atoms with van der Waals surface area (Å²) in [5.74, 6) is 1.000. The number of halogens is 2. The number of hydrogen-bond donors (Lipinski definition) is 1. The van der Waals surface area contributed by atoms with Crippen molar-refractivity contribution in [1.29, 1.82) is 0 Å². The molecule has 16 heavy (non-hydrogen) atoms. The summed E-state index contributed by atoms with van der Waals surface area (Å²) < 4.78 is 6.65. The molecule has 0 amide bonds. The Kier molecular flexibility index (Phi) is 4.10. The average Bonchev–Trinajstić information content (AvgIpc) is 2.78. The zero-order valence-corrected chi connectivity index (χ0v) is 11.9. The second kappa shape index (κ2) is 5.38. The van der Waals surface area contributed by atoms with Crippen LogP contribution >= 0.6 is 34.2 Å². The predicted molar refractivity (Wildman–Crippen MR) is 74.6 cm³/mol. The third-order valence-electron chi connectivity index (χ3n) is 2.58. The molecule has 1 aromatic rings. The van der Waals surface area contributed by atoms with Gasteiger partial charge in [-0.05, 0) is 53.4 Å². The van der Waals surface area contributed by atoms with Crippen LogP contribution in [-0.4, -0.2) is 13.7 Å². The third-order valence-corrected chi connectivity index (χ3v) is 4.15. The number of rotatable bonds is 3. The Hall–Kier alpha value is -0.260. The van der Waals surface area contributed by atoms with E-state index in [-0.39, 0.29) is 6.04 Å². The Balaban J connectivity index is 2.29. The Labute approximate surface area is 114 Å². The van der Waals surface area contributed by atoms with Crippen LogP contribution in [-0.2, 0) is 4.74 Å². The zero-order valence-electron chi connectivity index (χ0n) is 8.97. The van der Waals surface area contributed by atoms with Crippen molar-refractivity contribution >= 4 is 34.2 Å². The maximum atomic E-state index is 6.13. The summed E-state index contributed by atoms with van der Waals surface area (Å²) >= 11 is 8.35. The molecule has 2 nitrogen and oxygen atoms in total. The van der Waals surface area contributed by atoms with E-state index in [1.807, 2.05) is 19.2 Å². The largest absolute Gasteiger partial charge is 0.496 e. The standard InChI is InChI=1S/C12H13ClINO/c1-15-12(11-3-2-6-16-11)8-4-5-10(14)9(13)7-8/h3-5,7,12,15H,2,6H2,1H3. The number of nitrogens with one attached hydrogen (secondary N) is 1. The molecule has 0 bridgehead atoms. The van der Waals surface area contributed by atoms with Gasteiger partial charge in [0.1, 0.15) is 5.76 Å². The van der Waals surface area contributed by atoms with E-state index in [4.69, 9.17) is 16.3 Å². The SMILES string of the molecule is CNC(C1=CCCO1)c1ccc(I)c(Cl)c1. The third kappa shape index (κ3) is 2.52. The zero-order chi connectivity index (χ0) is 11.5. The molecule has 0 aliphatic carbocycles. The van der Waals surface area contributed by atoms with E-state index in [1.54, 1.807) is 0 Å². The summed E-state index contributed by atoms with van der Waals surface area (Å²) in [4.78, 5) is 0. The first-order valence-electron chi connectivity index (χ1n) is 5.17. The molecule has 1 N–H and O–H groups in total. The molecule has 0 radical (unpaired) electrons. The van der Waals surface area contributed by atoms with E-state index in [9.17, 15) is 0 Å². The van der Waals surface area contributed by atoms with Crippen molar-refractivity contribution in [3.8, 4) is 0 Å². The molecule has 1 aliphatic rings. The van der Waals surface area contributed by atoms with Gasteiger partial charge in [-0.25, -0.2) is 0 Å². The van der Waals surface area contributed by atoms with Gasteiger partial charge in [0.05, 0.1) is 17.7 Å². The first-order valence-corrected chi connectivity index (χ1v) is 6.63. The molecule has 2 rings (SSSR count). The first-order chi connectivity index (χ1) is 7.72. The van der Waals surface area contributed by atoms with Gasteiger partial charge in [-0.2, -0.15) is 0 Å². The Morgan fingerprint density at radius 3 is 2.88 bits per heavy atom. The van der Waals surface area contributed by atoms with Crippen LogP contribution in [0, 0.1) is 3.57 Å². The highest BCUT2D eigenvalue weighted by atomic mass is 127. The maximum absolute atomic E-state index is 6.13. The van der Waals surface area contributed by atoms with E-state index >= 15 is 0 Å². The predicted octanol–water partition coefficient (Wildman–Crippen LogP) is 3.51. The molecule has 1 atom stereocenters. The highest BCUT2D eigenvalue weighted by molar-refractivity contribution is 14.1. The number of hydrogen-bond acceptors (Lipinski definition) is 2. The van der Waals surface area contributed by atoms with E-state index in [2.05, 4.69) is 40.1 Å². The van der Waals surface area contributed by atoms with Gasteiger partial charge in [-0.3, -0.25) is 0 Å². The summed E-state index contributed by atoms with van der Waals surface area (Å²) in [5.41, 5.74) is 1.14. The fourth-order valence-electron chi connectivity index (χ4n) is 1.80. The average molecular weight is 350 g/mol. The van der Waals surface area contributed by atoms with Crippen LogP contribution in [0.1, 0.15) is 18.0 Å². The van der Waals surface area contributed by atoms with Crippen molar-refractivity contribution in [2.75, 3.05) is 13.7 Å². The van der Waals surface area contributed by atoms with Gasteiger partial charge in [0.15, 0.2) is 0 Å². The molecule has 1 aromatic carbocycles. The molecule has 1 heterocycles. The van der Waals surface area contributed by atoms with Crippen LogP contribution < -0.4 is 5.32 Å². The first kappa shape index (κ1) is 12.2. The Bertz CT molecular complexity index is 419. The minimum Gasteiger partial charge on any atom is -0.496 e. The lowest BCUT2D eigenvalue weighted by Crippen LogP contribution is -2.19. The van der Waals surface area contributed by atoms with Gasteiger partial charge in [0, 0.05) is 9.99 Å². The number of likely N-dealkylation sites (N-methyl/N-ethyl adjacent to an activating group) is 1. The minimum absolute atomic E-state index is 0.108. The second-order valence-corrected chi connectivity index (χ2v) is 5.21.